The first kappa shape index (κ1) is 16.3. The van der Waals surface area contributed by atoms with Crippen LogP contribution >= 0.6 is 12.2 Å². The fourth-order valence-corrected chi connectivity index (χ4v) is 2.43. The summed E-state index contributed by atoms with van der Waals surface area (Å²) in [4.78, 5) is 0. The normalized spacial score (nSPS) is 10.9. The van der Waals surface area contributed by atoms with Crippen molar-refractivity contribution in [1.82, 2.24) is 0 Å². The van der Waals surface area contributed by atoms with Gasteiger partial charge in [0.05, 0.1) is 7.11 Å². The molecule has 0 saturated heterocycles. The predicted molar refractivity (Wildman–Crippen MR) is 98.0 cm³/mol. The van der Waals surface area contributed by atoms with Crippen LogP contribution < -0.4 is 15.4 Å². The summed E-state index contributed by atoms with van der Waals surface area (Å²) in [6.45, 7) is 6.56. The molecule has 0 unspecified atom stereocenters. The molecule has 0 amide bonds. The third kappa shape index (κ3) is 4.21. The number of hydrogen-bond donors (Lipinski definition) is 2. The molecule has 0 aliphatic rings. The highest BCUT2D eigenvalue weighted by Gasteiger charge is 2.17. The van der Waals surface area contributed by atoms with Crippen molar-refractivity contribution in [2.75, 3.05) is 17.7 Å². The van der Waals surface area contributed by atoms with E-state index in [2.05, 4.69) is 37.5 Å². The van der Waals surface area contributed by atoms with Crippen LogP contribution in [0.25, 0.3) is 0 Å². The smallest absolute Gasteiger partial charge is 0.175 e. The Labute approximate surface area is 137 Å². The molecule has 0 spiro atoms. The van der Waals surface area contributed by atoms with E-state index in [1.165, 1.54) is 5.56 Å². The summed E-state index contributed by atoms with van der Waals surface area (Å²) in [7, 11) is 1.65. The lowest BCUT2D eigenvalue weighted by Gasteiger charge is -2.23. The minimum Gasteiger partial charge on any atom is -0.497 e. The van der Waals surface area contributed by atoms with Crippen molar-refractivity contribution >= 4 is 28.7 Å². The molecule has 2 N–H and O–H groups in total. The Morgan fingerprint density at radius 1 is 0.955 bits per heavy atom. The molecule has 2 rings (SSSR count). The van der Waals surface area contributed by atoms with Gasteiger partial charge in [0, 0.05) is 11.4 Å². The first-order valence-corrected chi connectivity index (χ1v) is 7.62. The SMILES string of the molecule is COc1ccc(NC(=S)Nc2ccccc2C(C)(C)C)cc1. The zero-order chi connectivity index (χ0) is 16.2. The van der Waals surface area contributed by atoms with Gasteiger partial charge in [-0.2, -0.15) is 0 Å². The van der Waals surface area contributed by atoms with Crippen molar-refractivity contribution in [3.05, 3.63) is 54.1 Å². The summed E-state index contributed by atoms with van der Waals surface area (Å²) in [5.74, 6) is 0.822. The van der Waals surface area contributed by atoms with Crippen LogP contribution in [0.1, 0.15) is 26.3 Å². The molecule has 0 aromatic heterocycles. The van der Waals surface area contributed by atoms with Gasteiger partial charge in [0.1, 0.15) is 5.75 Å². The number of nitrogens with one attached hydrogen (secondary N) is 2. The molecular weight excluding hydrogens is 292 g/mol. The number of thiocarbonyl (C=S) groups is 1. The second-order valence-corrected chi connectivity index (χ2v) is 6.51. The molecule has 0 aliphatic heterocycles. The van der Waals surface area contributed by atoms with E-state index in [0.717, 1.165) is 17.1 Å². The summed E-state index contributed by atoms with van der Waals surface area (Å²) in [5, 5.41) is 7.04. The number of ether oxygens (including phenoxy) is 1. The highest BCUT2D eigenvalue weighted by molar-refractivity contribution is 7.80. The molecule has 0 fully saturated rings. The lowest BCUT2D eigenvalue weighted by molar-refractivity contribution is 0.415. The van der Waals surface area contributed by atoms with Gasteiger partial charge in [0.15, 0.2) is 5.11 Å². The molecule has 2 aromatic carbocycles. The minimum absolute atomic E-state index is 0.0549. The molecule has 0 atom stereocenters. The van der Waals surface area contributed by atoms with Gasteiger partial charge in [0.2, 0.25) is 0 Å². The van der Waals surface area contributed by atoms with E-state index >= 15 is 0 Å². The van der Waals surface area contributed by atoms with Gasteiger partial charge in [-0.25, -0.2) is 0 Å². The van der Waals surface area contributed by atoms with Crippen LogP contribution in [0.3, 0.4) is 0 Å². The maximum Gasteiger partial charge on any atom is 0.175 e. The largest absolute Gasteiger partial charge is 0.497 e. The van der Waals surface area contributed by atoms with E-state index in [4.69, 9.17) is 17.0 Å². The number of hydrogen-bond acceptors (Lipinski definition) is 2. The van der Waals surface area contributed by atoms with Crippen molar-refractivity contribution < 1.29 is 4.74 Å². The van der Waals surface area contributed by atoms with Crippen molar-refractivity contribution in [3.8, 4) is 5.75 Å². The monoisotopic (exact) mass is 314 g/mol. The first-order chi connectivity index (χ1) is 10.4. The number of methoxy groups -OCH3 is 1. The van der Waals surface area contributed by atoms with Gasteiger partial charge >= 0.3 is 0 Å². The highest BCUT2D eigenvalue weighted by Crippen LogP contribution is 2.29. The van der Waals surface area contributed by atoms with Crippen molar-refractivity contribution in [1.29, 1.82) is 0 Å². The number of anilines is 2. The second kappa shape index (κ2) is 6.79. The number of benzene rings is 2. The average molecular weight is 314 g/mol. The minimum atomic E-state index is 0.0549. The van der Waals surface area contributed by atoms with Crippen molar-refractivity contribution in [3.63, 3.8) is 0 Å². The van der Waals surface area contributed by atoms with Gasteiger partial charge in [0.25, 0.3) is 0 Å². The molecule has 116 valence electrons. The third-order valence-electron chi connectivity index (χ3n) is 3.33. The molecular formula is C18H22N2OS. The standard InChI is InChI=1S/C18H22N2OS/c1-18(2,3)15-7-5-6-8-16(15)20-17(22)19-13-9-11-14(21-4)12-10-13/h5-12H,1-4H3,(H2,19,20,22). The van der Waals surface area contributed by atoms with Crippen LogP contribution in [-0.2, 0) is 5.41 Å². The zero-order valence-electron chi connectivity index (χ0n) is 13.4. The van der Waals surface area contributed by atoms with Gasteiger partial charge in [-0.3, -0.25) is 0 Å². The fraction of sp³-hybridized carbons (Fsp3) is 0.278. The highest BCUT2D eigenvalue weighted by atomic mass is 32.1. The Balaban J connectivity index is 2.09. The van der Waals surface area contributed by atoms with E-state index in [0.29, 0.717) is 5.11 Å². The number of rotatable bonds is 3. The number of para-hydroxylation sites is 1. The maximum absolute atomic E-state index is 5.41. The molecule has 0 radical (unpaired) electrons. The van der Waals surface area contributed by atoms with Gasteiger partial charge in [-0.15, -0.1) is 0 Å². The lowest BCUT2D eigenvalue weighted by Crippen LogP contribution is -2.22. The Kier molecular flexibility index (Phi) is 5.03. The summed E-state index contributed by atoms with van der Waals surface area (Å²) in [5.41, 5.74) is 3.24. The van der Waals surface area contributed by atoms with E-state index < -0.39 is 0 Å². The first-order valence-electron chi connectivity index (χ1n) is 7.22. The van der Waals surface area contributed by atoms with E-state index in [1.54, 1.807) is 7.11 Å². The van der Waals surface area contributed by atoms with Gasteiger partial charge in [-0.1, -0.05) is 39.0 Å². The molecule has 0 aliphatic carbocycles. The Morgan fingerprint density at radius 2 is 1.59 bits per heavy atom. The second-order valence-electron chi connectivity index (χ2n) is 6.10. The van der Waals surface area contributed by atoms with E-state index in [-0.39, 0.29) is 5.41 Å². The molecule has 3 nitrogen and oxygen atoms in total. The quantitative estimate of drug-likeness (QED) is 0.797. The summed E-state index contributed by atoms with van der Waals surface area (Å²) < 4.78 is 5.15. The Morgan fingerprint density at radius 3 is 2.18 bits per heavy atom. The summed E-state index contributed by atoms with van der Waals surface area (Å²) >= 11 is 5.41. The topological polar surface area (TPSA) is 33.3 Å². The molecule has 2 aromatic rings. The summed E-state index contributed by atoms with van der Waals surface area (Å²) in [6, 6.07) is 15.9. The maximum atomic E-state index is 5.41. The average Bonchev–Trinajstić information content (AvgIpc) is 2.47. The van der Waals surface area contributed by atoms with Crippen LogP contribution in [-0.4, -0.2) is 12.2 Å². The van der Waals surface area contributed by atoms with Crippen LogP contribution in [0.15, 0.2) is 48.5 Å². The Hall–Kier alpha value is -2.07. The fourth-order valence-electron chi connectivity index (χ4n) is 2.21. The van der Waals surface area contributed by atoms with E-state index in [9.17, 15) is 0 Å². The van der Waals surface area contributed by atoms with Crippen LogP contribution in [0.2, 0.25) is 0 Å². The zero-order valence-corrected chi connectivity index (χ0v) is 14.3. The van der Waals surface area contributed by atoms with Gasteiger partial charge < -0.3 is 15.4 Å². The Bertz CT molecular complexity index is 645. The van der Waals surface area contributed by atoms with Crippen molar-refractivity contribution in [2.24, 2.45) is 0 Å². The van der Waals surface area contributed by atoms with Crippen LogP contribution in [0.4, 0.5) is 11.4 Å². The molecule has 0 heterocycles. The predicted octanol–water partition coefficient (Wildman–Crippen LogP) is 4.80. The molecule has 4 heteroatoms. The van der Waals surface area contributed by atoms with Crippen molar-refractivity contribution in [2.45, 2.75) is 26.2 Å². The molecule has 0 saturated carbocycles. The van der Waals surface area contributed by atoms with E-state index in [1.807, 2.05) is 42.5 Å². The van der Waals surface area contributed by atoms with Gasteiger partial charge in [-0.05, 0) is 53.5 Å². The third-order valence-corrected chi connectivity index (χ3v) is 3.54. The van der Waals surface area contributed by atoms with Crippen LogP contribution in [0, 0.1) is 0 Å². The van der Waals surface area contributed by atoms with Crippen LogP contribution in [0.5, 0.6) is 5.75 Å². The molecule has 22 heavy (non-hydrogen) atoms. The lowest BCUT2D eigenvalue weighted by atomic mass is 9.86. The molecule has 0 bridgehead atoms. The summed E-state index contributed by atoms with van der Waals surface area (Å²) in [6.07, 6.45) is 0.